The standard InChI is InChI=1S/C39H24N6/c40-24-26-16-18-29(19-17-26)39-42-33(27-10-4-1-5-11-27)23-34(43-39)30-20-21-35-32(22-30)37-36(45(35)31-14-8-3-9-15-31)25-41-38(44-37)28-12-6-2-7-13-28/h1-23,25H. The SMILES string of the molecule is N#Cc1ccc(-c2nc(-c3ccccc3)cc(-c3ccc4c(c3)c3nc(-c5ccccc5)ncc3n4-c3ccccc3)n2)cc1. The van der Waals surface area contributed by atoms with Crippen molar-refractivity contribution in [3.8, 4) is 57.0 Å². The van der Waals surface area contributed by atoms with E-state index in [0.29, 0.717) is 17.2 Å². The largest absolute Gasteiger partial charge is 0.306 e. The molecule has 0 fully saturated rings. The molecule has 0 atom stereocenters. The van der Waals surface area contributed by atoms with E-state index in [1.165, 1.54) is 0 Å². The fourth-order valence-corrected chi connectivity index (χ4v) is 5.70. The van der Waals surface area contributed by atoms with Crippen molar-refractivity contribution in [2.75, 3.05) is 0 Å². The van der Waals surface area contributed by atoms with Gasteiger partial charge in [-0.05, 0) is 54.6 Å². The first kappa shape index (κ1) is 26.2. The van der Waals surface area contributed by atoms with Crippen molar-refractivity contribution >= 4 is 21.9 Å². The van der Waals surface area contributed by atoms with Crippen molar-refractivity contribution in [1.29, 1.82) is 5.26 Å². The number of hydrogen-bond acceptors (Lipinski definition) is 5. The minimum atomic E-state index is 0.593. The monoisotopic (exact) mass is 576 g/mol. The van der Waals surface area contributed by atoms with Crippen LogP contribution in [-0.4, -0.2) is 24.5 Å². The van der Waals surface area contributed by atoms with Gasteiger partial charge in [0.15, 0.2) is 11.6 Å². The van der Waals surface area contributed by atoms with E-state index < -0.39 is 0 Å². The number of aromatic nitrogens is 5. The molecular weight excluding hydrogens is 552 g/mol. The van der Waals surface area contributed by atoms with Crippen molar-refractivity contribution < 1.29 is 0 Å². The van der Waals surface area contributed by atoms with Crippen LogP contribution < -0.4 is 0 Å². The van der Waals surface area contributed by atoms with E-state index in [0.717, 1.165) is 61.3 Å². The Morgan fingerprint density at radius 3 is 1.80 bits per heavy atom. The van der Waals surface area contributed by atoms with Crippen LogP contribution in [0.25, 0.3) is 72.9 Å². The molecule has 0 amide bonds. The smallest absolute Gasteiger partial charge is 0.160 e. The molecule has 6 nitrogen and oxygen atoms in total. The lowest BCUT2D eigenvalue weighted by Gasteiger charge is -2.10. The van der Waals surface area contributed by atoms with Gasteiger partial charge in [0, 0.05) is 33.3 Å². The molecule has 0 aliphatic carbocycles. The molecule has 0 N–H and O–H groups in total. The predicted molar refractivity (Wildman–Crippen MR) is 178 cm³/mol. The highest BCUT2D eigenvalue weighted by Gasteiger charge is 2.18. The van der Waals surface area contributed by atoms with Crippen molar-refractivity contribution in [2.24, 2.45) is 0 Å². The Kier molecular flexibility index (Phi) is 6.40. The third-order valence-corrected chi connectivity index (χ3v) is 7.91. The second-order valence-electron chi connectivity index (χ2n) is 10.7. The van der Waals surface area contributed by atoms with E-state index in [2.05, 4.69) is 41.0 Å². The van der Waals surface area contributed by atoms with Gasteiger partial charge in [0.1, 0.15) is 5.52 Å². The van der Waals surface area contributed by atoms with Crippen molar-refractivity contribution in [3.05, 3.63) is 151 Å². The van der Waals surface area contributed by atoms with Crippen LogP contribution in [0.15, 0.2) is 146 Å². The van der Waals surface area contributed by atoms with Crippen LogP contribution >= 0.6 is 0 Å². The zero-order valence-corrected chi connectivity index (χ0v) is 24.0. The van der Waals surface area contributed by atoms with Crippen LogP contribution in [0, 0.1) is 11.3 Å². The molecule has 0 saturated heterocycles. The summed E-state index contributed by atoms with van der Waals surface area (Å²) in [6.07, 6.45) is 1.92. The fourth-order valence-electron chi connectivity index (χ4n) is 5.70. The van der Waals surface area contributed by atoms with Crippen LogP contribution in [-0.2, 0) is 0 Å². The number of benzene rings is 5. The number of fused-ring (bicyclic) bond motifs is 3. The summed E-state index contributed by atoms with van der Waals surface area (Å²) in [5.74, 6) is 1.27. The molecule has 0 bridgehead atoms. The Labute approximate surface area is 259 Å². The van der Waals surface area contributed by atoms with Crippen LogP contribution in [0.3, 0.4) is 0 Å². The van der Waals surface area contributed by atoms with E-state index >= 15 is 0 Å². The highest BCUT2D eigenvalue weighted by Crippen LogP contribution is 2.35. The second-order valence-corrected chi connectivity index (χ2v) is 10.7. The van der Waals surface area contributed by atoms with Gasteiger partial charge < -0.3 is 4.57 Å². The number of nitrogens with zero attached hydrogens (tertiary/aromatic N) is 6. The first-order valence-electron chi connectivity index (χ1n) is 14.6. The average molecular weight is 577 g/mol. The Morgan fingerprint density at radius 2 is 1.11 bits per heavy atom. The van der Waals surface area contributed by atoms with Gasteiger partial charge in [-0.1, -0.05) is 84.9 Å². The third-order valence-electron chi connectivity index (χ3n) is 7.91. The Balaban J connectivity index is 1.36. The second kappa shape index (κ2) is 11.0. The highest BCUT2D eigenvalue weighted by atomic mass is 15.0. The lowest BCUT2D eigenvalue weighted by atomic mass is 10.0. The van der Waals surface area contributed by atoms with Gasteiger partial charge in [0.25, 0.3) is 0 Å². The third kappa shape index (κ3) is 4.79. The van der Waals surface area contributed by atoms with Gasteiger partial charge >= 0.3 is 0 Å². The molecule has 0 spiro atoms. The van der Waals surface area contributed by atoms with Crippen molar-refractivity contribution in [2.45, 2.75) is 0 Å². The Hall–Kier alpha value is -6.45. The Bertz CT molecular complexity index is 2360. The van der Waals surface area contributed by atoms with Gasteiger partial charge in [-0.15, -0.1) is 0 Å². The molecule has 3 aromatic heterocycles. The molecule has 3 heterocycles. The molecule has 5 aromatic carbocycles. The molecule has 8 aromatic rings. The molecule has 0 unspecified atom stereocenters. The highest BCUT2D eigenvalue weighted by molar-refractivity contribution is 6.08. The summed E-state index contributed by atoms with van der Waals surface area (Å²) in [6.45, 7) is 0. The maximum Gasteiger partial charge on any atom is 0.160 e. The van der Waals surface area contributed by atoms with Gasteiger partial charge in [0.05, 0.1) is 40.3 Å². The van der Waals surface area contributed by atoms with Crippen LogP contribution in [0.4, 0.5) is 0 Å². The van der Waals surface area contributed by atoms with E-state index in [-0.39, 0.29) is 0 Å². The average Bonchev–Trinajstić information content (AvgIpc) is 3.45. The van der Waals surface area contributed by atoms with Gasteiger partial charge in [-0.2, -0.15) is 5.26 Å². The normalized spacial score (nSPS) is 11.1. The quantitative estimate of drug-likeness (QED) is 0.204. The molecule has 0 aliphatic rings. The molecule has 45 heavy (non-hydrogen) atoms. The van der Waals surface area contributed by atoms with Crippen LogP contribution in [0.5, 0.6) is 0 Å². The lowest BCUT2D eigenvalue weighted by Crippen LogP contribution is -1.96. The first-order chi connectivity index (χ1) is 22.2. The topological polar surface area (TPSA) is 80.3 Å². The van der Waals surface area contributed by atoms with Crippen LogP contribution in [0.1, 0.15) is 5.56 Å². The lowest BCUT2D eigenvalue weighted by molar-refractivity contribution is 1.14. The maximum absolute atomic E-state index is 9.31. The number of hydrogen-bond donors (Lipinski definition) is 0. The van der Waals surface area contributed by atoms with E-state index in [9.17, 15) is 5.26 Å². The number of para-hydroxylation sites is 1. The molecular formula is C39H24N6. The summed E-state index contributed by atoms with van der Waals surface area (Å²) in [5.41, 5.74) is 9.83. The van der Waals surface area contributed by atoms with Crippen LogP contribution in [0.2, 0.25) is 0 Å². The van der Waals surface area contributed by atoms with Gasteiger partial charge in [-0.25, -0.2) is 19.9 Å². The summed E-state index contributed by atoms with van der Waals surface area (Å²) in [5, 5.41) is 10.3. The van der Waals surface area contributed by atoms with Gasteiger partial charge in [-0.3, -0.25) is 0 Å². The van der Waals surface area contributed by atoms with E-state index in [1.807, 2.05) is 103 Å². The number of rotatable bonds is 5. The molecule has 6 heteroatoms. The first-order valence-corrected chi connectivity index (χ1v) is 14.6. The summed E-state index contributed by atoms with van der Waals surface area (Å²) >= 11 is 0. The van der Waals surface area contributed by atoms with Crippen molar-refractivity contribution in [3.63, 3.8) is 0 Å². The minimum absolute atomic E-state index is 0.593. The fraction of sp³-hybridized carbons (Fsp3) is 0. The van der Waals surface area contributed by atoms with Gasteiger partial charge in [0.2, 0.25) is 0 Å². The Morgan fingerprint density at radius 1 is 0.511 bits per heavy atom. The predicted octanol–water partition coefficient (Wildman–Crippen LogP) is 8.90. The summed E-state index contributed by atoms with van der Waals surface area (Å²) < 4.78 is 2.21. The summed E-state index contributed by atoms with van der Waals surface area (Å²) in [6, 6.07) is 48.4. The molecule has 210 valence electrons. The molecule has 0 radical (unpaired) electrons. The maximum atomic E-state index is 9.31. The van der Waals surface area contributed by atoms with E-state index in [1.54, 1.807) is 12.1 Å². The zero-order valence-electron chi connectivity index (χ0n) is 24.0. The molecule has 8 rings (SSSR count). The minimum Gasteiger partial charge on any atom is -0.306 e. The molecule has 0 saturated carbocycles. The molecule has 0 aliphatic heterocycles. The summed E-state index contributed by atoms with van der Waals surface area (Å²) in [7, 11) is 0. The van der Waals surface area contributed by atoms with Crippen molar-refractivity contribution in [1.82, 2.24) is 24.5 Å². The summed E-state index contributed by atoms with van der Waals surface area (Å²) in [4.78, 5) is 19.9. The van der Waals surface area contributed by atoms with E-state index in [4.69, 9.17) is 19.9 Å². The zero-order chi connectivity index (χ0) is 30.2. The number of nitriles is 1.